The number of amides is 1. The van der Waals surface area contributed by atoms with Crippen LogP contribution in [0.3, 0.4) is 0 Å². The molecule has 0 fully saturated rings. The molecule has 0 aliphatic rings. The summed E-state index contributed by atoms with van der Waals surface area (Å²) in [5.74, 6) is -1.06. The lowest BCUT2D eigenvalue weighted by Gasteiger charge is -2.14. The Labute approximate surface area is 140 Å². The topological polar surface area (TPSA) is 79.2 Å². The van der Waals surface area contributed by atoms with E-state index in [0.717, 1.165) is 6.42 Å². The quantitative estimate of drug-likeness (QED) is 0.857. The van der Waals surface area contributed by atoms with Crippen molar-refractivity contribution in [3.8, 4) is 6.07 Å². The molecule has 1 atom stereocenters. The van der Waals surface area contributed by atoms with Crippen molar-refractivity contribution in [3.05, 3.63) is 65.2 Å². The molecule has 5 heteroatoms. The molecule has 0 aromatic heterocycles. The minimum absolute atomic E-state index is 0.237. The maximum Gasteiger partial charge on any atom is 0.338 e. The predicted octanol–water partition coefficient (Wildman–Crippen LogP) is 3.30. The molecule has 1 N–H and O–H groups in total. The second-order valence-electron chi connectivity index (χ2n) is 5.28. The van der Waals surface area contributed by atoms with Gasteiger partial charge in [-0.3, -0.25) is 4.79 Å². The number of rotatable bonds is 5. The number of benzene rings is 2. The molecule has 2 aromatic rings. The Balaban J connectivity index is 1.97. The fourth-order valence-corrected chi connectivity index (χ4v) is 2.07. The van der Waals surface area contributed by atoms with E-state index in [2.05, 4.69) is 12.2 Å². The number of hydrogen-bond donors (Lipinski definition) is 1. The molecule has 2 aromatic carbocycles. The van der Waals surface area contributed by atoms with E-state index in [4.69, 9.17) is 10.00 Å². The Morgan fingerprint density at radius 2 is 1.92 bits per heavy atom. The Bertz CT molecular complexity index is 776. The lowest BCUT2D eigenvalue weighted by molar-refractivity contribution is -0.123. The van der Waals surface area contributed by atoms with Crippen LogP contribution < -0.4 is 5.32 Å². The van der Waals surface area contributed by atoms with Gasteiger partial charge in [0.05, 0.1) is 17.2 Å². The first kappa shape index (κ1) is 17.2. The van der Waals surface area contributed by atoms with Crippen LogP contribution in [-0.4, -0.2) is 18.0 Å². The zero-order valence-electron chi connectivity index (χ0n) is 13.6. The summed E-state index contributed by atoms with van der Waals surface area (Å²) in [6.45, 7) is 3.55. The molecule has 24 heavy (non-hydrogen) atoms. The van der Waals surface area contributed by atoms with Crippen LogP contribution >= 0.6 is 0 Å². The van der Waals surface area contributed by atoms with E-state index < -0.39 is 18.0 Å². The first-order valence-electron chi connectivity index (χ1n) is 7.64. The normalized spacial score (nSPS) is 11.2. The molecule has 0 aliphatic carbocycles. The first-order chi connectivity index (χ1) is 11.5. The van der Waals surface area contributed by atoms with E-state index in [-0.39, 0.29) is 5.56 Å². The molecular weight excluding hydrogens is 304 g/mol. The third kappa shape index (κ3) is 4.43. The highest BCUT2D eigenvalue weighted by Crippen LogP contribution is 2.12. The van der Waals surface area contributed by atoms with Crippen molar-refractivity contribution >= 4 is 17.6 Å². The molecule has 0 radical (unpaired) electrons. The molecule has 0 aliphatic heterocycles. The molecule has 0 heterocycles. The molecule has 1 amide bonds. The van der Waals surface area contributed by atoms with Gasteiger partial charge < -0.3 is 10.1 Å². The summed E-state index contributed by atoms with van der Waals surface area (Å²) in [6.07, 6.45) is -0.0293. The van der Waals surface area contributed by atoms with Gasteiger partial charge in [0.15, 0.2) is 6.10 Å². The van der Waals surface area contributed by atoms with Gasteiger partial charge in [0, 0.05) is 5.69 Å². The molecular formula is C19H18N2O3. The molecule has 0 unspecified atom stereocenters. The number of ether oxygens (including phenoxy) is 1. The van der Waals surface area contributed by atoms with Crippen LogP contribution in [0.2, 0.25) is 0 Å². The molecule has 0 saturated heterocycles. The van der Waals surface area contributed by atoms with Crippen LogP contribution in [0.1, 0.15) is 35.3 Å². The van der Waals surface area contributed by atoms with Gasteiger partial charge in [-0.15, -0.1) is 0 Å². The van der Waals surface area contributed by atoms with E-state index in [0.29, 0.717) is 11.3 Å². The van der Waals surface area contributed by atoms with Crippen LogP contribution in [0.5, 0.6) is 0 Å². The highest BCUT2D eigenvalue weighted by molar-refractivity contribution is 5.97. The maximum atomic E-state index is 12.1. The van der Waals surface area contributed by atoms with Gasteiger partial charge in [-0.25, -0.2) is 4.79 Å². The van der Waals surface area contributed by atoms with Crippen molar-refractivity contribution in [2.24, 2.45) is 0 Å². The lowest BCUT2D eigenvalue weighted by Crippen LogP contribution is -2.30. The third-order valence-electron chi connectivity index (χ3n) is 3.51. The molecule has 0 bridgehead atoms. The predicted molar refractivity (Wildman–Crippen MR) is 90.5 cm³/mol. The number of nitrogens with one attached hydrogen (secondary N) is 1. The Morgan fingerprint density at radius 1 is 1.21 bits per heavy atom. The minimum Gasteiger partial charge on any atom is -0.449 e. The second-order valence-corrected chi connectivity index (χ2v) is 5.28. The van der Waals surface area contributed by atoms with Gasteiger partial charge in [-0.1, -0.05) is 25.1 Å². The number of carbonyl (C=O) groups is 2. The standard InChI is InChI=1S/C19H18N2O3/c1-3-14-7-9-17(10-8-14)21-18(22)13(2)24-19(23)16-6-4-5-15(11-16)12-20/h4-11,13H,3H2,1-2H3,(H,21,22)/t13-/m1/s1. The fourth-order valence-electron chi connectivity index (χ4n) is 2.07. The largest absolute Gasteiger partial charge is 0.449 e. The number of nitriles is 1. The highest BCUT2D eigenvalue weighted by atomic mass is 16.5. The van der Waals surface area contributed by atoms with Crippen molar-refractivity contribution in [3.63, 3.8) is 0 Å². The smallest absolute Gasteiger partial charge is 0.338 e. The zero-order valence-corrected chi connectivity index (χ0v) is 13.6. The summed E-state index contributed by atoms with van der Waals surface area (Å²) >= 11 is 0. The summed E-state index contributed by atoms with van der Waals surface area (Å²) in [7, 11) is 0. The molecule has 0 saturated carbocycles. The third-order valence-corrected chi connectivity index (χ3v) is 3.51. The average molecular weight is 322 g/mol. The number of nitrogens with zero attached hydrogens (tertiary/aromatic N) is 1. The van der Waals surface area contributed by atoms with Crippen LogP contribution in [0.4, 0.5) is 5.69 Å². The number of carbonyl (C=O) groups excluding carboxylic acids is 2. The molecule has 122 valence electrons. The fraction of sp³-hybridized carbons (Fsp3) is 0.211. The SMILES string of the molecule is CCc1ccc(NC(=O)[C@@H](C)OC(=O)c2cccc(C#N)c2)cc1. The van der Waals surface area contributed by atoms with E-state index in [1.165, 1.54) is 24.6 Å². The van der Waals surface area contributed by atoms with Crippen molar-refractivity contribution in [2.75, 3.05) is 5.32 Å². The number of esters is 1. The Kier molecular flexibility index (Phi) is 5.69. The highest BCUT2D eigenvalue weighted by Gasteiger charge is 2.19. The van der Waals surface area contributed by atoms with Crippen molar-refractivity contribution < 1.29 is 14.3 Å². The average Bonchev–Trinajstić information content (AvgIpc) is 2.62. The van der Waals surface area contributed by atoms with Crippen LogP contribution in [0.25, 0.3) is 0 Å². The number of anilines is 1. The van der Waals surface area contributed by atoms with Gasteiger partial charge in [-0.05, 0) is 49.2 Å². The summed E-state index contributed by atoms with van der Waals surface area (Å²) in [5, 5.41) is 11.6. The molecule has 5 nitrogen and oxygen atoms in total. The summed E-state index contributed by atoms with van der Waals surface area (Å²) in [5.41, 5.74) is 2.41. The van der Waals surface area contributed by atoms with Crippen LogP contribution in [-0.2, 0) is 16.0 Å². The monoisotopic (exact) mass is 322 g/mol. The van der Waals surface area contributed by atoms with E-state index in [1.54, 1.807) is 12.1 Å². The van der Waals surface area contributed by atoms with Crippen LogP contribution in [0.15, 0.2) is 48.5 Å². The van der Waals surface area contributed by atoms with Gasteiger partial charge in [0.1, 0.15) is 0 Å². The van der Waals surface area contributed by atoms with Crippen molar-refractivity contribution in [2.45, 2.75) is 26.4 Å². The summed E-state index contributed by atoms with van der Waals surface area (Å²) < 4.78 is 5.15. The molecule has 2 rings (SSSR count). The van der Waals surface area contributed by atoms with E-state index >= 15 is 0 Å². The number of hydrogen-bond acceptors (Lipinski definition) is 4. The molecule has 0 spiro atoms. The summed E-state index contributed by atoms with van der Waals surface area (Å²) in [4.78, 5) is 24.2. The second kappa shape index (κ2) is 7.93. The maximum absolute atomic E-state index is 12.1. The van der Waals surface area contributed by atoms with Gasteiger partial charge in [-0.2, -0.15) is 5.26 Å². The summed E-state index contributed by atoms with van der Waals surface area (Å²) in [6, 6.07) is 15.6. The Morgan fingerprint density at radius 3 is 2.54 bits per heavy atom. The first-order valence-corrected chi connectivity index (χ1v) is 7.64. The van der Waals surface area contributed by atoms with Gasteiger partial charge in [0.25, 0.3) is 5.91 Å². The van der Waals surface area contributed by atoms with Gasteiger partial charge in [0.2, 0.25) is 0 Å². The minimum atomic E-state index is -0.950. The Hall–Kier alpha value is -3.13. The van der Waals surface area contributed by atoms with Crippen molar-refractivity contribution in [1.29, 1.82) is 5.26 Å². The van der Waals surface area contributed by atoms with Crippen molar-refractivity contribution in [1.82, 2.24) is 0 Å². The van der Waals surface area contributed by atoms with Gasteiger partial charge >= 0.3 is 5.97 Å². The lowest BCUT2D eigenvalue weighted by atomic mass is 10.1. The van der Waals surface area contributed by atoms with E-state index in [1.807, 2.05) is 30.3 Å². The van der Waals surface area contributed by atoms with Crippen LogP contribution in [0, 0.1) is 11.3 Å². The number of aryl methyl sites for hydroxylation is 1. The van der Waals surface area contributed by atoms with E-state index in [9.17, 15) is 9.59 Å². The zero-order chi connectivity index (χ0) is 17.5.